The first kappa shape index (κ1) is 19.6. The number of nitrogens with zero attached hydrogens (tertiary/aromatic N) is 1. The number of alkyl carbamates (subject to hydrolysis) is 1. The van der Waals surface area contributed by atoms with Crippen molar-refractivity contribution in [2.75, 3.05) is 6.54 Å². The third kappa shape index (κ3) is 4.65. The molecular weight excluding hydrogens is 300 g/mol. The smallest absolute Gasteiger partial charge is 0.407 e. The third-order valence-electron chi connectivity index (χ3n) is 6.04. The molecule has 24 heavy (non-hydrogen) atoms. The number of fused-ring (bicyclic) bond motifs is 1. The number of carbonyl (C=O) groups excluding carboxylic acids is 1. The lowest BCUT2D eigenvalue weighted by molar-refractivity contribution is 0.00165. The average Bonchev–Trinajstić information content (AvgIpc) is 2.92. The van der Waals surface area contributed by atoms with Gasteiger partial charge in [0.05, 0.1) is 12.1 Å². The predicted octanol–water partition coefficient (Wildman–Crippen LogP) is 4.72. The number of unbranched alkanes of at least 4 members (excludes halogenated alkanes) is 4. The van der Waals surface area contributed by atoms with Crippen molar-refractivity contribution in [1.82, 2.24) is 10.2 Å². The second kappa shape index (κ2) is 9.65. The number of nitrogens with one attached hydrogen (secondary N) is 1. The lowest BCUT2D eigenvalue weighted by Crippen LogP contribution is -2.59. The van der Waals surface area contributed by atoms with E-state index in [0.29, 0.717) is 18.0 Å². The van der Waals surface area contributed by atoms with Crippen LogP contribution in [0.1, 0.15) is 85.5 Å². The molecule has 4 atom stereocenters. The van der Waals surface area contributed by atoms with Crippen LogP contribution < -0.4 is 5.32 Å². The lowest BCUT2D eigenvalue weighted by Gasteiger charge is -2.40. The predicted molar refractivity (Wildman–Crippen MR) is 99.2 cm³/mol. The van der Waals surface area contributed by atoms with Crippen molar-refractivity contribution in [3.05, 3.63) is 0 Å². The number of hydrogen-bond acceptors (Lipinski definition) is 3. The van der Waals surface area contributed by atoms with Gasteiger partial charge in [0.1, 0.15) is 6.10 Å². The van der Waals surface area contributed by atoms with E-state index in [1.807, 2.05) is 0 Å². The molecule has 4 heteroatoms. The van der Waals surface area contributed by atoms with E-state index in [2.05, 4.69) is 37.9 Å². The molecule has 0 saturated carbocycles. The zero-order valence-electron chi connectivity index (χ0n) is 16.2. The number of ether oxygens (including phenoxy) is 1. The number of amides is 1. The largest absolute Gasteiger partial charge is 0.445 e. The molecule has 2 aliphatic heterocycles. The fourth-order valence-electron chi connectivity index (χ4n) is 4.68. The molecule has 0 bridgehead atoms. The maximum Gasteiger partial charge on any atom is 0.407 e. The van der Waals surface area contributed by atoms with Crippen molar-refractivity contribution >= 4 is 6.09 Å². The van der Waals surface area contributed by atoms with Gasteiger partial charge >= 0.3 is 6.09 Å². The number of rotatable bonds is 10. The van der Waals surface area contributed by atoms with Crippen molar-refractivity contribution in [3.63, 3.8) is 0 Å². The van der Waals surface area contributed by atoms with Crippen LogP contribution in [0.25, 0.3) is 0 Å². The Morgan fingerprint density at radius 2 is 1.75 bits per heavy atom. The quantitative estimate of drug-likeness (QED) is 0.586. The summed E-state index contributed by atoms with van der Waals surface area (Å²) in [5, 5.41) is 3.13. The van der Waals surface area contributed by atoms with E-state index in [-0.39, 0.29) is 18.2 Å². The molecule has 1 amide bonds. The van der Waals surface area contributed by atoms with E-state index < -0.39 is 0 Å². The molecule has 1 N–H and O–H groups in total. The summed E-state index contributed by atoms with van der Waals surface area (Å²) in [7, 11) is 0. The molecule has 0 radical (unpaired) electrons. The fourth-order valence-corrected chi connectivity index (χ4v) is 4.68. The van der Waals surface area contributed by atoms with Gasteiger partial charge in [-0.1, -0.05) is 65.7 Å². The first-order valence-corrected chi connectivity index (χ1v) is 10.3. The number of cyclic esters (lactones) is 1. The van der Waals surface area contributed by atoms with E-state index in [4.69, 9.17) is 4.74 Å². The first-order valence-electron chi connectivity index (χ1n) is 10.3. The summed E-state index contributed by atoms with van der Waals surface area (Å²) in [5.74, 6) is 0.560. The zero-order valence-corrected chi connectivity index (χ0v) is 16.2. The van der Waals surface area contributed by atoms with Crippen LogP contribution in [0, 0.1) is 5.92 Å². The highest BCUT2D eigenvalue weighted by Crippen LogP contribution is 2.35. The highest BCUT2D eigenvalue weighted by Gasteiger charge is 2.50. The van der Waals surface area contributed by atoms with Gasteiger partial charge in [0.25, 0.3) is 0 Å². The van der Waals surface area contributed by atoms with Gasteiger partial charge < -0.3 is 10.1 Å². The van der Waals surface area contributed by atoms with Gasteiger partial charge in [-0.05, 0) is 25.7 Å². The average molecular weight is 339 g/mol. The Morgan fingerprint density at radius 1 is 1.12 bits per heavy atom. The SMILES string of the molecule is CCCCCC(CCCCC)N1C[C@@H](CC)[C@H]2NC(=O)OC(C)[C@H]21. The highest BCUT2D eigenvalue weighted by atomic mass is 16.6. The number of hydrogen-bond donors (Lipinski definition) is 1. The summed E-state index contributed by atoms with van der Waals surface area (Å²) in [6.07, 6.45) is 11.3. The molecular formula is C20H38N2O2. The monoisotopic (exact) mass is 338 g/mol. The summed E-state index contributed by atoms with van der Waals surface area (Å²) >= 11 is 0. The van der Waals surface area contributed by atoms with E-state index in [9.17, 15) is 4.79 Å². The molecule has 1 unspecified atom stereocenters. The Kier molecular flexibility index (Phi) is 7.86. The van der Waals surface area contributed by atoms with E-state index >= 15 is 0 Å². The van der Waals surface area contributed by atoms with Crippen LogP contribution in [0.15, 0.2) is 0 Å². The first-order chi connectivity index (χ1) is 11.6. The molecule has 2 aliphatic rings. The standard InChI is InChI=1S/C20H38N2O2/c1-5-8-10-12-17(13-11-9-6-2)22-14-16(7-3)18-19(22)15(4)24-20(23)21-18/h15-19H,5-14H2,1-4H3,(H,21,23)/t15?,16-,18-,19-/m1/s1. The second-order valence-electron chi connectivity index (χ2n) is 7.78. The van der Waals surface area contributed by atoms with Crippen molar-refractivity contribution in [2.24, 2.45) is 5.92 Å². The minimum atomic E-state index is -0.224. The van der Waals surface area contributed by atoms with E-state index in [0.717, 1.165) is 13.0 Å². The Balaban J connectivity index is 2.09. The van der Waals surface area contributed by atoms with Gasteiger partial charge in [0.15, 0.2) is 0 Å². The lowest BCUT2D eigenvalue weighted by atomic mass is 9.92. The van der Waals surface area contributed by atoms with Crippen LogP contribution in [0.4, 0.5) is 4.79 Å². The summed E-state index contributed by atoms with van der Waals surface area (Å²) in [4.78, 5) is 14.5. The Labute approximate surface area is 148 Å². The van der Waals surface area contributed by atoms with Gasteiger partial charge in [-0.2, -0.15) is 0 Å². The maximum absolute atomic E-state index is 11.8. The van der Waals surface area contributed by atoms with Crippen molar-refractivity contribution in [2.45, 2.75) is 110 Å². The minimum absolute atomic E-state index is 0.000139. The van der Waals surface area contributed by atoms with Crippen molar-refractivity contribution in [1.29, 1.82) is 0 Å². The normalized spacial score (nSPS) is 30.3. The van der Waals surface area contributed by atoms with E-state index in [1.54, 1.807) is 0 Å². The summed E-state index contributed by atoms with van der Waals surface area (Å²) in [6.45, 7) is 10.00. The van der Waals surface area contributed by atoms with Gasteiger partial charge in [-0.15, -0.1) is 0 Å². The van der Waals surface area contributed by atoms with Crippen LogP contribution in [0.5, 0.6) is 0 Å². The summed E-state index contributed by atoms with van der Waals surface area (Å²) in [5.41, 5.74) is 0. The Hall–Kier alpha value is -0.770. The number of likely N-dealkylation sites (tertiary alicyclic amines) is 1. The minimum Gasteiger partial charge on any atom is -0.445 e. The molecule has 0 aromatic rings. The third-order valence-corrected chi connectivity index (χ3v) is 6.04. The van der Waals surface area contributed by atoms with Crippen LogP contribution in [-0.4, -0.2) is 41.8 Å². The molecule has 2 heterocycles. The zero-order chi connectivity index (χ0) is 17.5. The molecule has 2 rings (SSSR count). The molecule has 2 fully saturated rings. The van der Waals surface area contributed by atoms with Crippen LogP contribution >= 0.6 is 0 Å². The summed E-state index contributed by atoms with van der Waals surface area (Å²) < 4.78 is 5.53. The van der Waals surface area contributed by atoms with Gasteiger partial charge in [-0.3, -0.25) is 4.90 Å². The second-order valence-corrected chi connectivity index (χ2v) is 7.78. The molecule has 0 aliphatic carbocycles. The molecule has 0 spiro atoms. The van der Waals surface area contributed by atoms with Gasteiger partial charge in [-0.25, -0.2) is 4.79 Å². The highest BCUT2D eigenvalue weighted by molar-refractivity contribution is 5.69. The molecule has 2 saturated heterocycles. The fraction of sp³-hybridized carbons (Fsp3) is 0.950. The summed E-state index contributed by atoms with van der Waals surface area (Å²) in [6, 6.07) is 1.26. The van der Waals surface area contributed by atoms with Crippen LogP contribution in [-0.2, 0) is 4.74 Å². The van der Waals surface area contributed by atoms with Crippen molar-refractivity contribution in [3.8, 4) is 0 Å². The maximum atomic E-state index is 11.8. The van der Waals surface area contributed by atoms with Gasteiger partial charge in [0, 0.05) is 12.6 Å². The topological polar surface area (TPSA) is 41.6 Å². The Morgan fingerprint density at radius 3 is 2.29 bits per heavy atom. The van der Waals surface area contributed by atoms with E-state index in [1.165, 1.54) is 51.4 Å². The molecule has 0 aromatic carbocycles. The molecule has 4 nitrogen and oxygen atoms in total. The molecule has 0 aromatic heterocycles. The number of carbonyl (C=O) groups is 1. The van der Waals surface area contributed by atoms with Crippen molar-refractivity contribution < 1.29 is 9.53 Å². The van der Waals surface area contributed by atoms with Gasteiger partial charge in [0.2, 0.25) is 0 Å². The molecule has 140 valence electrons. The van der Waals surface area contributed by atoms with Crippen LogP contribution in [0.2, 0.25) is 0 Å². The van der Waals surface area contributed by atoms with Crippen LogP contribution in [0.3, 0.4) is 0 Å². The Bertz CT molecular complexity index is 378.